The molecule has 0 amide bonds. The smallest absolute Gasteiger partial charge is 0.191 e. The van der Waals surface area contributed by atoms with E-state index < -0.39 is 5.60 Å². The SMILES string of the molecule is C=CCn1c(SCC2(O)CCCCC2)nnc1-c1ccccn1. The molecule has 0 bridgehead atoms. The number of hydrogen-bond acceptors (Lipinski definition) is 5. The van der Waals surface area contributed by atoms with Crippen LogP contribution in [0.2, 0.25) is 0 Å². The van der Waals surface area contributed by atoms with Gasteiger partial charge in [-0.3, -0.25) is 9.55 Å². The van der Waals surface area contributed by atoms with E-state index in [2.05, 4.69) is 21.8 Å². The van der Waals surface area contributed by atoms with Crippen molar-refractivity contribution in [2.45, 2.75) is 49.4 Å². The Morgan fingerprint density at radius 2 is 2.09 bits per heavy atom. The van der Waals surface area contributed by atoms with Crippen molar-refractivity contribution >= 4 is 11.8 Å². The second-order valence-electron chi connectivity index (χ2n) is 5.99. The van der Waals surface area contributed by atoms with Crippen molar-refractivity contribution in [1.82, 2.24) is 19.7 Å². The minimum Gasteiger partial charge on any atom is -0.389 e. The van der Waals surface area contributed by atoms with Crippen LogP contribution in [0, 0.1) is 0 Å². The van der Waals surface area contributed by atoms with Crippen molar-refractivity contribution in [3.63, 3.8) is 0 Å². The van der Waals surface area contributed by atoms with E-state index in [1.165, 1.54) is 6.42 Å². The Hall–Kier alpha value is -1.66. The lowest BCUT2D eigenvalue weighted by Gasteiger charge is -2.31. The van der Waals surface area contributed by atoms with Crippen LogP contribution in [0.15, 0.2) is 42.2 Å². The summed E-state index contributed by atoms with van der Waals surface area (Å²) in [6.07, 6.45) is 8.77. The summed E-state index contributed by atoms with van der Waals surface area (Å²) in [5.41, 5.74) is 0.226. The first-order valence-electron chi connectivity index (χ1n) is 8.02. The van der Waals surface area contributed by atoms with E-state index in [4.69, 9.17) is 0 Å². The molecule has 3 rings (SSSR count). The predicted octanol–water partition coefficient (Wildman–Crippen LogP) is 3.31. The summed E-state index contributed by atoms with van der Waals surface area (Å²) in [5.74, 6) is 1.40. The first kappa shape index (κ1) is 16.2. The Morgan fingerprint density at radius 1 is 1.26 bits per heavy atom. The molecule has 2 aromatic rings. The molecule has 0 radical (unpaired) electrons. The lowest BCUT2D eigenvalue weighted by Crippen LogP contribution is -2.34. The largest absolute Gasteiger partial charge is 0.389 e. The molecule has 1 N–H and O–H groups in total. The van der Waals surface area contributed by atoms with Crippen LogP contribution in [-0.4, -0.2) is 36.2 Å². The molecule has 6 heteroatoms. The molecule has 0 aromatic carbocycles. The average molecular weight is 330 g/mol. The molecule has 2 aromatic heterocycles. The van der Waals surface area contributed by atoms with Crippen LogP contribution < -0.4 is 0 Å². The van der Waals surface area contributed by atoms with Crippen LogP contribution in [0.5, 0.6) is 0 Å². The molecule has 23 heavy (non-hydrogen) atoms. The van der Waals surface area contributed by atoms with Gasteiger partial charge in [-0.15, -0.1) is 16.8 Å². The van der Waals surface area contributed by atoms with Gasteiger partial charge in [0.15, 0.2) is 11.0 Å². The summed E-state index contributed by atoms with van der Waals surface area (Å²) < 4.78 is 2.01. The van der Waals surface area contributed by atoms with Gasteiger partial charge in [-0.25, -0.2) is 0 Å². The van der Waals surface area contributed by atoms with Gasteiger partial charge in [0.1, 0.15) is 5.69 Å². The highest BCUT2D eigenvalue weighted by Crippen LogP contribution is 2.33. The summed E-state index contributed by atoms with van der Waals surface area (Å²) in [6, 6.07) is 5.74. The van der Waals surface area contributed by atoms with Gasteiger partial charge < -0.3 is 5.11 Å². The van der Waals surface area contributed by atoms with E-state index >= 15 is 0 Å². The Labute approximate surface area is 140 Å². The van der Waals surface area contributed by atoms with Gasteiger partial charge in [0.25, 0.3) is 0 Å². The maximum atomic E-state index is 10.7. The highest BCUT2D eigenvalue weighted by molar-refractivity contribution is 7.99. The summed E-state index contributed by atoms with van der Waals surface area (Å²) in [4.78, 5) is 4.35. The number of thioether (sulfide) groups is 1. The third-order valence-electron chi connectivity index (χ3n) is 4.18. The molecule has 5 nitrogen and oxygen atoms in total. The zero-order valence-electron chi connectivity index (χ0n) is 13.2. The van der Waals surface area contributed by atoms with Crippen LogP contribution in [-0.2, 0) is 6.54 Å². The third-order valence-corrected chi connectivity index (χ3v) is 5.42. The highest BCUT2D eigenvalue weighted by Gasteiger charge is 2.30. The van der Waals surface area contributed by atoms with Crippen molar-refractivity contribution in [1.29, 1.82) is 0 Å². The molecule has 0 aliphatic heterocycles. The van der Waals surface area contributed by atoms with Crippen LogP contribution in [0.1, 0.15) is 32.1 Å². The maximum Gasteiger partial charge on any atom is 0.191 e. The van der Waals surface area contributed by atoms with E-state index in [0.29, 0.717) is 12.3 Å². The number of aliphatic hydroxyl groups is 1. The quantitative estimate of drug-likeness (QED) is 0.650. The summed E-state index contributed by atoms with van der Waals surface area (Å²) >= 11 is 1.57. The highest BCUT2D eigenvalue weighted by atomic mass is 32.2. The van der Waals surface area contributed by atoms with E-state index in [-0.39, 0.29) is 0 Å². The molecular formula is C17H22N4OS. The van der Waals surface area contributed by atoms with Gasteiger partial charge >= 0.3 is 0 Å². The van der Waals surface area contributed by atoms with Crippen LogP contribution in [0.3, 0.4) is 0 Å². The number of aromatic nitrogens is 4. The molecule has 0 spiro atoms. The van der Waals surface area contributed by atoms with Gasteiger partial charge in [0.05, 0.1) is 5.60 Å². The lowest BCUT2D eigenvalue weighted by molar-refractivity contribution is 0.0272. The van der Waals surface area contributed by atoms with Gasteiger partial charge in [0, 0.05) is 18.5 Å². The number of hydrogen-bond donors (Lipinski definition) is 1. The normalized spacial score (nSPS) is 17.1. The minimum absolute atomic E-state index is 0.570. The summed E-state index contributed by atoms with van der Waals surface area (Å²) in [6.45, 7) is 4.44. The van der Waals surface area contributed by atoms with Crippen LogP contribution >= 0.6 is 11.8 Å². The van der Waals surface area contributed by atoms with Gasteiger partial charge in [-0.2, -0.15) is 0 Å². The Balaban J connectivity index is 1.79. The Morgan fingerprint density at radius 3 is 2.78 bits per heavy atom. The fourth-order valence-electron chi connectivity index (χ4n) is 2.93. The first-order valence-corrected chi connectivity index (χ1v) is 9.01. The van der Waals surface area contributed by atoms with Crippen molar-refractivity contribution in [3.05, 3.63) is 37.1 Å². The molecule has 122 valence electrons. The Bertz CT molecular complexity index is 650. The summed E-state index contributed by atoms with van der Waals surface area (Å²) in [5, 5.41) is 20.1. The molecule has 2 heterocycles. The van der Waals surface area contributed by atoms with E-state index in [9.17, 15) is 5.11 Å². The third kappa shape index (κ3) is 3.82. The second-order valence-corrected chi connectivity index (χ2v) is 6.94. The average Bonchev–Trinajstić information content (AvgIpc) is 2.98. The van der Waals surface area contributed by atoms with Gasteiger partial charge in [0.2, 0.25) is 0 Å². The number of pyridine rings is 1. The van der Waals surface area contributed by atoms with Crippen molar-refractivity contribution in [2.24, 2.45) is 0 Å². The van der Waals surface area contributed by atoms with Gasteiger partial charge in [-0.05, 0) is 25.0 Å². The molecule has 1 fully saturated rings. The van der Waals surface area contributed by atoms with Crippen molar-refractivity contribution in [2.75, 3.05) is 5.75 Å². The Kier molecular flexibility index (Phi) is 5.13. The fraction of sp³-hybridized carbons (Fsp3) is 0.471. The van der Waals surface area contributed by atoms with E-state index in [1.54, 1.807) is 18.0 Å². The molecule has 1 aliphatic rings. The minimum atomic E-state index is -0.570. The zero-order chi connectivity index (χ0) is 16.1. The van der Waals surface area contributed by atoms with Gasteiger partial charge in [-0.1, -0.05) is 43.2 Å². The van der Waals surface area contributed by atoms with Crippen molar-refractivity contribution in [3.8, 4) is 11.5 Å². The molecule has 1 aliphatic carbocycles. The van der Waals surface area contributed by atoms with E-state index in [0.717, 1.165) is 42.4 Å². The predicted molar refractivity (Wildman–Crippen MR) is 92.2 cm³/mol. The van der Waals surface area contributed by atoms with E-state index in [1.807, 2.05) is 28.8 Å². The molecule has 0 saturated heterocycles. The lowest BCUT2D eigenvalue weighted by atomic mass is 9.86. The number of allylic oxidation sites excluding steroid dienone is 1. The number of rotatable bonds is 6. The molecular weight excluding hydrogens is 308 g/mol. The summed E-state index contributed by atoms with van der Waals surface area (Å²) in [7, 11) is 0. The van der Waals surface area contributed by atoms with Crippen molar-refractivity contribution < 1.29 is 5.11 Å². The number of nitrogens with zero attached hydrogens (tertiary/aromatic N) is 4. The second kappa shape index (κ2) is 7.27. The zero-order valence-corrected chi connectivity index (χ0v) is 14.0. The maximum absolute atomic E-state index is 10.7. The van der Waals surface area contributed by atoms with Crippen LogP contribution in [0.25, 0.3) is 11.5 Å². The molecule has 0 atom stereocenters. The monoisotopic (exact) mass is 330 g/mol. The van der Waals surface area contributed by atoms with Crippen LogP contribution in [0.4, 0.5) is 0 Å². The topological polar surface area (TPSA) is 63.8 Å². The first-order chi connectivity index (χ1) is 11.2. The standard InChI is InChI=1S/C17H22N4OS/c1-2-12-21-15(14-8-4-7-11-18-14)19-20-16(21)23-13-17(22)9-5-3-6-10-17/h2,4,7-8,11,22H,1,3,5-6,9-10,12-13H2. The fourth-order valence-corrected chi connectivity index (χ4v) is 4.03. The molecule has 0 unspecified atom stereocenters. The molecule has 1 saturated carbocycles.